The maximum absolute atomic E-state index is 12.6. The second kappa shape index (κ2) is 8.36. The number of amidine groups is 1. The Kier molecular flexibility index (Phi) is 6.07. The molecule has 2 aromatic rings. The number of ether oxygens (including phenoxy) is 1. The van der Waals surface area contributed by atoms with Crippen molar-refractivity contribution in [2.24, 2.45) is 4.99 Å². The molecule has 1 fully saturated rings. The van der Waals surface area contributed by atoms with E-state index in [1.165, 1.54) is 30.2 Å². The van der Waals surface area contributed by atoms with Gasteiger partial charge in [0.2, 0.25) is 0 Å². The third-order valence-electron chi connectivity index (χ3n) is 3.98. The summed E-state index contributed by atoms with van der Waals surface area (Å²) in [6.07, 6.45) is 1.60. The molecule has 1 saturated heterocycles. The number of likely N-dealkylation sites (N-methyl/N-ethyl adjacent to an activating group) is 1. The fourth-order valence-corrected chi connectivity index (χ4v) is 3.90. The lowest BCUT2D eigenvalue weighted by molar-refractivity contribution is -0.121. The smallest absolute Gasteiger partial charge is 0.337 e. The lowest BCUT2D eigenvalue weighted by atomic mass is 10.2. The quantitative estimate of drug-likeness (QED) is 0.655. The van der Waals surface area contributed by atoms with E-state index in [1.54, 1.807) is 25.3 Å². The van der Waals surface area contributed by atoms with E-state index < -0.39 is 5.97 Å². The minimum absolute atomic E-state index is 0.0768. The number of methoxy groups -OCH3 is 1. The van der Waals surface area contributed by atoms with E-state index >= 15 is 0 Å². The number of phenols is 1. The molecule has 3 rings (SSSR count). The average molecular weight is 453 g/mol. The first-order chi connectivity index (χ1) is 13.7. The number of nitrogens with zero attached hydrogens (tertiary/aromatic N) is 2. The van der Waals surface area contributed by atoms with Crippen LogP contribution in [0.15, 0.2) is 40.2 Å². The normalized spacial score (nSPS) is 16.7. The number of carboxylic acids is 1. The van der Waals surface area contributed by atoms with Crippen molar-refractivity contribution in [3.8, 4) is 11.5 Å². The zero-order chi connectivity index (χ0) is 21.3. The summed E-state index contributed by atoms with van der Waals surface area (Å²) < 4.78 is 5.07. The van der Waals surface area contributed by atoms with Crippen LogP contribution in [-0.2, 0) is 4.79 Å². The second-order valence-corrected chi connectivity index (χ2v) is 7.72. The molecule has 2 N–H and O–H groups in total. The summed E-state index contributed by atoms with van der Waals surface area (Å²) >= 11 is 13.0. The van der Waals surface area contributed by atoms with Gasteiger partial charge in [-0.15, -0.1) is 0 Å². The van der Waals surface area contributed by atoms with Crippen molar-refractivity contribution in [2.75, 3.05) is 14.2 Å². The first-order valence-electron chi connectivity index (χ1n) is 8.07. The summed E-state index contributed by atoms with van der Waals surface area (Å²) in [7, 11) is 2.96. The Morgan fingerprint density at radius 1 is 1.24 bits per heavy atom. The molecular weight excluding hydrogens is 439 g/mol. The van der Waals surface area contributed by atoms with Crippen LogP contribution in [0, 0.1) is 0 Å². The minimum atomic E-state index is -1.17. The van der Waals surface area contributed by atoms with E-state index in [2.05, 4.69) is 4.99 Å². The third kappa shape index (κ3) is 4.34. The highest BCUT2D eigenvalue weighted by Crippen LogP contribution is 2.38. The summed E-state index contributed by atoms with van der Waals surface area (Å²) in [4.78, 5) is 29.9. The topological polar surface area (TPSA) is 99.4 Å². The molecule has 2 aromatic carbocycles. The van der Waals surface area contributed by atoms with Gasteiger partial charge >= 0.3 is 5.97 Å². The Hall–Kier alpha value is -2.68. The molecule has 0 aliphatic carbocycles. The van der Waals surface area contributed by atoms with Crippen LogP contribution in [0.4, 0.5) is 5.69 Å². The number of hydrogen-bond acceptors (Lipinski definition) is 6. The van der Waals surface area contributed by atoms with Crippen LogP contribution in [0.2, 0.25) is 10.0 Å². The summed E-state index contributed by atoms with van der Waals surface area (Å²) in [5, 5.41) is 19.6. The monoisotopic (exact) mass is 452 g/mol. The van der Waals surface area contributed by atoms with E-state index in [9.17, 15) is 19.8 Å². The van der Waals surface area contributed by atoms with Gasteiger partial charge in [-0.3, -0.25) is 9.69 Å². The molecule has 0 radical (unpaired) electrons. The van der Waals surface area contributed by atoms with E-state index in [0.29, 0.717) is 21.3 Å². The van der Waals surface area contributed by atoms with Gasteiger partial charge in [-0.1, -0.05) is 23.2 Å². The molecule has 0 saturated carbocycles. The maximum atomic E-state index is 12.6. The van der Waals surface area contributed by atoms with Crippen molar-refractivity contribution in [3.63, 3.8) is 0 Å². The lowest BCUT2D eigenvalue weighted by Crippen LogP contribution is -2.23. The number of rotatable bonds is 4. The molecule has 0 atom stereocenters. The molecule has 1 heterocycles. The SMILES string of the molecule is COc1cc(C=C2SC(=Nc3ccc(Cl)c(C(=O)O)c3)N(C)C2=O)cc(Cl)c1O. The van der Waals surface area contributed by atoms with Gasteiger partial charge in [0.05, 0.1) is 33.3 Å². The first kappa shape index (κ1) is 21.0. The first-order valence-corrected chi connectivity index (χ1v) is 9.64. The van der Waals surface area contributed by atoms with Gasteiger partial charge in [0.25, 0.3) is 5.91 Å². The minimum Gasteiger partial charge on any atom is -0.503 e. The van der Waals surface area contributed by atoms with Crippen LogP contribution >= 0.6 is 35.0 Å². The average Bonchev–Trinajstić information content (AvgIpc) is 2.93. The maximum Gasteiger partial charge on any atom is 0.337 e. The van der Waals surface area contributed by atoms with Crippen molar-refractivity contribution in [1.29, 1.82) is 0 Å². The second-order valence-electron chi connectivity index (χ2n) is 5.89. The van der Waals surface area contributed by atoms with Gasteiger partial charge in [-0.25, -0.2) is 9.79 Å². The van der Waals surface area contributed by atoms with Crippen LogP contribution in [-0.4, -0.2) is 46.3 Å². The van der Waals surface area contributed by atoms with Crippen molar-refractivity contribution in [1.82, 2.24) is 4.90 Å². The largest absolute Gasteiger partial charge is 0.503 e. The number of thioether (sulfide) groups is 1. The predicted octanol–water partition coefficient (Wildman–Crippen LogP) is 4.64. The van der Waals surface area contributed by atoms with Gasteiger partial charge in [0.1, 0.15) is 0 Å². The molecule has 1 aliphatic heterocycles. The van der Waals surface area contributed by atoms with Crippen molar-refractivity contribution in [2.45, 2.75) is 0 Å². The summed E-state index contributed by atoms with van der Waals surface area (Å²) in [6, 6.07) is 7.40. The molecule has 0 spiro atoms. The highest BCUT2D eigenvalue weighted by molar-refractivity contribution is 8.18. The molecule has 150 valence electrons. The van der Waals surface area contributed by atoms with Crippen LogP contribution in [0.5, 0.6) is 11.5 Å². The third-order valence-corrected chi connectivity index (χ3v) is 5.65. The molecule has 0 bridgehead atoms. The highest BCUT2D eigenvalue weighted by atomic mass is 35.5. The summed E-state index contributed by atoms with van der Waals surface area (Å²) in [5.74, 6) is -1.45. The van der Waals surface area contributed by atoms with E-state index in [-0.39, 0.29) is 33.0 Å². The molecular formula is C19H14Cl2N2O5S. The summed E-state index contributed by atoms with van der Waals surface area (Å²) in [5.41, 5.74) is 0.839. The van der Waals surface area contributed by atoms with Crippen LogP contribution in [0.25, 0.3) is 6.08 Å². The van der Waals surface area contributed by atoms with Crippen molar-refractivity contribution >= 4 is 63.8 Å². The molecule has 29 heavy (non-hydrogen) atoms. The molecule has 1 aliphatic rings. The Morgan fingerprint density at radius 2 is 1.97 bits per heavy atom. The molecule has 1 amide bonds. The Balaban J connectivity index is 1.95. The number of aromatic hydroxyl groups is 1. The molecule has 7 nitrogen and oxygen atoms in total. The number of halogens is 2. The molecule has 10 heteroatoms. The van der Waals surface area contributed by atoms with Gasteiger partial charge in [-0.2, -0.15) is 0 Å². The summed E-state index contributed by atoms with van der Waals surface area (Å²) in [6.45, 7) is 0. The standard InChI is InChI=1S/C19H14Cl2N2O5S/c1-23-17(25)15(7-9-5-13(21)16(24)14(6-9)28-2)29-19(23)22-10-3-4-12(20)11(8-10)18(26)27/h3-8,24H,1-2H3,(H,26,27). The van der Waals surface area contributed by atoms with Gasteiger partial charge < -0.3 is 14.9 Å². The number of hydrogen-bond donors (Lipinski definition) is 2. The Morgan fingerprint density at radius 3 is 2.62 bits per heavy atom. The predicted molar refractivity (Wildman–Crippen MR) is 114 cm³/mol. The van der Waals surface area contributed by atoms with E-state index in [1.807, 2.05) is 0 Å². The van der Waals surface area contributed by atoms with Gasteiger partial charge in [0.15, 0.2) is 16.7 Å². The number of benzene rings is 2. The lowest BCUT2D eigenvalue weighted by Gasteiger charge is -2.08. The van der Waals surface area contributed by atoms with Gasteiger partial charge in [0, 0.05) is 7.05 Å². The number of aromatic carboxylic acids is 1. The number of aliphatic imine (C=N–C) groups is 1. The highest BCUT2D eigenvalue weighted by Gasteiger charge is 2.30. The van der Waals surface area contributed by atoms with E-state index in [4.69, 9.17) is 27.9 Å². The van der Waals surface area contributed by atoms with Crippen molar-refractivity contribution in [3.05, 3.63) is 56.4 Å². The van der Waals surface area contributed by atoms with Crippen LogP contribution < -0.4 is 4.74 Å². The Bertz CT molecular complexity index is 1080. The molecule has 0 aromatic heterocycles. The molecule has 0 unspecified atom stereocenters. The van der Waals surface area contributed by atoms with E-state index in [0.717, 1.165) is 11.8 Å². The van der Waals surface area contributed by atoms with Gasteiger partial charge in [-0.05, 0) is 53.7 Å². The van der Waals surface area contributed by atoms with Crippen LogP contribution in [0.3, 0.4) is 0 Å². The number of phenolic OH excluding ortho intramolecular Hbond substituents is 1. The number of carboxylic acid groups (broad SMARTS) is 1. The Labute approximate surface area is 180 Å². The zero-order valence-corrected chi connectivity index (χ0v) is 17.5. The zero-order valence-electron chi connectivity index (χ0n) is 15.1. The van der Waals surface area contributed by atoms with Crippen LogP contribution in [0.1, 0.15) is 15.9 Å². The van der Waals surface area contributed by atoms with Crippen molar-refractivity contribution < 1.29 is 24.5 Å². The fourth-order valence-electron chi connectivity index (χ4n) is 2.49. The number of carbonyl (C=O) groups is 2. The fraction of sp³-hybridized carbons (Fsp3) is 0.105. The number of amides is 1. The number of carbonyl (C=O) groups excluding carboxylic acids is 1.